The molecule has 1 amide bonds. The molecule has 131 valence electrons. The zero-order valence-electron chi connectivity index (χ0n) is 14.6. The number of aryl methyl sites for hydroxylation is 1. The number of nitrogens with one attached hydrogen (secondary N) is 1. The monoisotopic (exact) mass is 346 g/mol. The normalized spacial score (nSPS) is 16.1. The number of carbonyl (C=O) groups is 1. The molecule has 3 N–H and O–H groups in total. The zero-order chi connectivity index (χ0) is 18.1. The molecule has 5 nitrogen and oxygen atoms in total. The summed E-state index contributed by atoms with van der Waals surface area (Å²) in [6.07, 6.45) is 3.02. The molecule has 0 fully saturated rings. The average Bonchev–Trinajstić information content (AvgIpc) is 2.67. The molecule has 2 aromatic carbocycles. The van der Waals surface area contributed by atoms with E-state index < -0.39 is 5.91 Å². The summed E-state index contributed by atoms with van der Waals surface area (Å²) in [4.78, 5) is 16.6. The standard InChI is InChI=1S/C21H20N3O2/c1-26-18-11-5-8-13-7-4-10-17(19(13)18)24-21-15(20(22)25)12-14-6-2-3-9-16(14)23-21/h3,5-6,8-9,11-12,17H,4,7,10H2,1H3,(H2,22,25)(H,23,24). The minimum atomic E-state index is -0.498. The number of benzene rings is 2. The number of aromatic nitrogens is 1. The smallest absolute Gasteiger partial charge is 0.252 e. The largest absolute Gasteiger partial charge is 0.496 e. The van der Waals surface area contributed by atoms with Crippen LogP contribution in [-0.4, -0.2) is 18.0 Å². The maximum absolute atomic E-state index is 12.0. The van der Waals surface area contributed by atoms with Gasteiger partial charge in [-0.1, -0.05) is 18.2 Å². The average molecular weight is 346 g/mol. The van der Waals surface area contributed by atoms with Gasteiger partial charge in [-0.05, 0) is 55.2 Å². The molecular formula is C21H20N3O2. The Morgan fingerprint density at radius 2 is 2.27 bits per heavy atom. The van der Waals surface area contributed by atoms with Crippen LogP contribution >= 0.6 is 0 Å². The van der Waals surface area contributed by atoms with Crippen LogP contribution < -0.4 is 15.8 Å². The number of hydrogen-bond acceptors (Lipinski definition) is 4. The van der Waals surface area contributed by atoms with Gasteiger partial charge >= 0.3 is 0 Å². The number of rotatable bonds is 4. The molecule has 3 aromatic rings. The Hall–Kier alpha value is -3.08. The van der Waals surface area contributed by atoms with Gasteiger partial charge in [0.15, 0.2) is 0 Å². The van der Waals surface area contributed by atoms with Crippen molar-refractivity contribution in [1.29, 1.82) is 0 Å². The minimum absolute atomic E-state index is 0.0215. The topological polar surface area (TPSA) is 77.2 Å². The third-order valence-corrected chi connectivity index (χ3v) is 4.90. The van der Waals surface area contributed by atoms with Gasteiger partial charge in [-0.25, -0.2) is 4.98 Å². The van der Waals surface area contributed by atoms with Crippen LogP contribution in [0.25, 0.3) is 10.9 Å². The lowest BCUT2D eigenvalue weighted by Crippen LogP contribution is -2.22. The van der Waals surface area contributed by atoms with Crippen LogP contribution in [0.4, 0.5) is 5.82 Å². The van der Waals surface area contributed by atoms with Crippen molar-refractivity contribution in [2.24, 2.45) is 5.73 Å². The Morgan fingerprint density at radius 1 is 1.38 bits per heavy atom. The highest BCUT2D eigenvalue weighted by molar-refractivity contribution is 6.01. The van der Waals surface area contributed by atoms with Gasteiger partial charge in [-0.2, -0.15) is 0 Å². The number of ether oxygens (including phenoxy) is 1. The van der Waals surface area contributed by atoms with E-state index in [1.54, 1.807) is 19.2 Å². The first-order valence-electron chi connectivity index (χ1n) is 8.70. The van der Waals surface area contributed by atoms with Crippen LogP contribution in [0.2, 0.25) is 0 Å². The molecule has 26 heavy (non-hydrogen) atoms. The quantitative estimate of drug-likeness (QED) is 0.756. The number of fused-ring (bicyclic) bond motifs is 2. The van der Waals surface area contributed by atoms with Gasteiger partial charge in [-0.3, -0.25) is 4.79 Å². The lowest BCUT2D eigenvalue weighted by atomic mass is 9.87. The molecule has 5 heteroatoms. The van der Waals surface area contributed by atoms with E-state index in [1.165, 1.54) is 5.56 Å². The summed E-state index contributed by atoms with van der Waals surface area (Å²) < 4.78 is 5.57. The first kappa shape index (κ1) is 16.4. The first-order chi connectivity index (χ1) is 12.7. The van der Waals surface area contributed by atoms with Crippen molar-refractivity contribution in [2.75, 3.05) is 12.4 Å². The highest BCUT2D eigenvalue weighted by Crippen LogP contribution is 2.38. The minimum Gasteiger partial charge on any atom is -0.496 e. The highest BCUT2D eigenvalue weighted by atomic mass is 16.5. The highest BCUT2D eigenvalue weighted by Gasteiger charge is 2.25. The molecule has 1 radical (unpaired) electrons. The van der Waals surface area contributed by atoms with Gasteiger partial charge in [0.2, 0.25) is 0 Å². The lowest BCUT2D eigenvalue weighted by molar-refractivity contribution is 0.100. The number of primary amides is 1. The molecular weight excluding hydrogens is 326 g/mol. The number of hydrogen-bond donors (Lipinski definition) is 2. The van der Waals surface area contributed by atoms with Crippen molar-refractivity contribution < 1.29 is 9.53 Å². The molecule has 1 aromatic heterocycles. The van der Waals surface area contributed by atoms with Crippen molar-refractivity contribution in [2.45, 2.75) is 25.3 Å². The number of nitrogens with two attached hydrogens (primary N) is 1. The van der Waals surface area contributed by atoms with E-state index in [2.05, 4.69) is 22.4 Å². The van der Waals surface area contributed by atoms with Crippen LogP contribution in [0, 0.1) is 6.07 Å². The Labute approximate surface area is 152 Å². The SMILES string of the molecule is COc1cccc2c1C(Nc1nc3cc[c]cc3cc1C(N)=O)CCC2. The van der Waals surface area contributed by atoms with Crippen molar-refractivity contribution in [3.05, 3.63) is 65.2 Å². The Bertz CT molecular complexity index is 970. The van der Waals surface area contributed by atoms with Crippen LogP contribution in [0.15, 0.2) is 42.5 Å². The van der Waals surface area contributed by atoms with Gasteiger partial charge < -0.3 is 15.8 Å². The van der Waals surface area contributed by atoms with Gasteiger partial charge in [-0.15, -0.1) is 0 Å². The molecule has 1 aliphatic carbocycles. The number of amides is 1. The zero-order valence-corrected chi connectivity index (χ0v) is 14.6. The van der Waals surface area contributed by atoms with Gasteiger partial charge in [0.05, 0.1) is 24.2 Å². The summed E-state index contributed by atoms with van der Waals surface area (Å²) in [5.41, 5.74) is 9.20. The molecule has 1 unspecified atom stereocenters. The van der Waals surface area contributed by atoms with E-state index >= 15 is 0 Å². The molecule has 0 aliphatic heterocycles. The Kier molecular flexibility index (Phi) is 4.21. The van der Waals surface area contributed by atoms with E-state index in [0.717, 1.165) is 41.5 Å². The van der Waals surface area contributed by atoms with Crippen molar-refractivity contribution in [3.63, 3.8) is 0 Å². The van der Waals surface area contributed by atoms with E-state index in [9.17, 15) is 4.79 Å². The van der Waals surface area contributed by atoms with Gasteiger partial charge in [0, 0.05) is 10.9 Å². The second-order valence-corrected chi connectivity index (χ2v) is 6.49. The second-order valence-electron chi connectivity index (χ2n) is 6.49. The second kappa shape index (κ2) is 6.67. The number of carbonyl (C=O) groups excluding carboxylic acids is 1. The fourth-order valence-electron chi connectivity index (χ4n) is 3.69. The fraction of sp³-hybridized carbons (Fsp3) is 0.238. The molecule has 0 saturated heterocycles. The third-order valence-electron chi connectivity index (χ3n) is 4.90. The van der Waals surface area contributed by atoms with Crippen LogP contribution in [-0.2, 0) is 6.42 Å². The summed E-state index contributed by atoms with van der Waals surface area (Å²) >= 11 is 0. The molecule has 0 saturated carbocycles. The summed E-state index contributed by atoms with van der Waals surface area (Å²) in [7, 11) is 1.68. The van der Waals surface area contributed by atoms with Gasteiger partial charge in [0.1, 0.15) is 11.6 Å². The molecule has 1 aliphatic rings. The van der Waals surface area contributed by atoms with Crippen molar-refractivity contribution in [3.8, 4) is 5.75 Å². The van der Waals surface area contributed by atoms with E-state index in [4.69, 9.17) is 10.5 Å². The lowest BCUT2D eigenvalue weighted by Gasteiger charge is -2.29. The molecule has 4 rings (SSSR count). The maximum atomic E-state index is 12.0. The summed E-state index contributed by atoms with van der Waals surface area (Å²) in [6.45, 7) is 0. The molecule has 1 heterocycles. The number of pyridine rings is 1. The Balaban J connectivity index is 1.79. The molecule has 0 spiro atoms. The van der Waals surface area contributed by atoms with Crippen molar-refractivity contribution >= 4 is 22.6 Å². The van der Waals surface area contributed by atoms with Crippen LogP contribution in [0.5, 0.6) is 5.75 Å². The fourth-order valence-corrected chi connectivity index (χ4v) is 3.69. The van der Waals surface area contributed by atoms with Gasteiger partial charge in [0.25, 0.3) is 5.91 Å². The van der Waals surface area contributed by atoms with Crippen LogP contribution in [0.3, 0.4) is 0 Å². The molecule has 1 atom stereocenters. The number of methoxy groups -OCH3 is 1. The van der Waals surface area contributed by atoms with E-state index in [-0.39, 0.29) is 6.04 Å². The third kappa shape index (κ3) is 2.86. The van der Waals surface area contributed by atoms with E-state index in [0.29, 0.717) is 11.4 Å². The summed E-state index contributed by atoms with van der Waals surface area (Å²) in [5, 5.41) is 4.29. The molecule has 0 bridgehead atoms. The predicted molar refractivity (Wildman–Crippen MR) is 101 cm³/mol. The van der Waals surface area contributed by atoms with E-state index in [1.807, 2.05) is 24.3 Å². The van der Waals surface area contributed by atoms with Crippen LogP contribution in [0.1, 0.15) is 40.4 Å². The number of anilines is 1. The number of nitrogens with zero attached hydrogens (tertiary/aromatic N) is 1. The summed E-state index contributed by atoms with van der Waals surface area (Å²) in [5.74, 6) is 0.873. The summed E-state index contributed by atoms with van der Waals surface area (Å²) in [6, 6.07) is 16.4. The first-order valence-corrected chi connectivity index (χ1v) is 8.70. The predicted octanol–water partition coefficient (Wildman–Crippen LogP) is 3.63. The van der Waals surface area contributed by atoms with Crippen molar-refractivity contribution in [1.82, 2.24) is 4.98 Å². The Morgan fingerprint density at radius 3 is 3.08 bits per heavy atom. The maximum Gasteiger partial charge on any atom is 0.252 e.